The molecule has 1 fully saturated rings. The van der Waals surface area contributed by atoms with Crippen LogP contribution in [-0.4, -0.2) is 73.0 Å². The number of nitrogens with one attached hydrogen (secondary N) is 1. The van der Waals surface area contributed by atoms with Crippen LogP contribution in [0.5, 0.6) is 0 Å². The van der Waals surface area contributed by atoms with E-state index >= 15 is 0 Å². The van der Waals surface area contributed by atoms with Crippen molar-refractivity contribution in [3.8, 4) is 0 Å². The number of carbonyl (C=O) groups is 2. The van der Waals surface area contributed by atoms with E-state index in [4.69, 9.17) is 16.3 Å². The Hall–Kier alpha value is -2.20. The highest BCUT2D eigenvalue weighted by Crippen LogP contribution is 2.42. The lowest BCUT2D eigenvalue weighted by Gasteiger charge is -2.37. The second kappa shape index (κ2) is 11.2. The van der Waals surface area contributed by atoms with Crippen LogP contribution in [0, 0.1) is 0 Å². The molecule has 8 nitrogen and oxygen atoms in total. The number of sulfonamides is 1. The average Bonchev–Trinajstić information content (AvgIpc) is 2.78. The molecule has 1 N–H and O–H groups in total. The van der Waals surface area contributed by atoms with Gasteiger partial charge in [-0.15, -0.1) is 0 Å². The molecule has 1 aliphatic carbocycles. The number of hydrogen-bond donors (Lipinski definition) is 1. The van der Waals surface area contributed by atoms with Crippen LogP contribution in [0.1, 0.15) is 45.1 Å². The minimum atomic E-state index is -3.51. The highest BCUT2D eigenvalue weighted by Gasteiger charge is 2.39. The minimum Gasteiger partial charge on any atom is -0.352 e. The topological polar surface area (TPSA) is 96.0 Å². The third kappa shape index (κ3) is 6.94. The lowest BCUT2D eigenvalue weighted by atomic mass is 9.91. The number of nitrogens with zero attached hydrogens (tertiary/aromatic N) is 2. The lowest BCUT2D eigenvalue weighted by molar-refractivity contribution is -0.142. The number of hydrogen-bond acceptors (Lipinski definition) is 5. The van der Waals surface area contributed by atoms with Crippen LogP contribution >= 0.6 is 11.6 Å². The minimum absolute atomic E-state index is 0.145. The third-order valence-corrected chi connectivity index (χ3v) is 7.80. The summed E-state index contributed by atoms with van der Waals surface area (Å²) in [4.78, 5) is 27.6. The van der Waals surface area contributed by atoms with E-state index in [1.54, 1.807) is 0 Å². The summed E-state index contributed by atoms with van der Waals surface area (Å²) in [6.07, 6.45) is 6.89. The van der Waals surface area contributed by atoms with Crippen molar-refractivity contribution < 1.29 is 22.7 Å². The molecule has 10 heteroatoms. The summed E-state index contributed by atoms with van der Waals surface area (Å²) >= 11 is 7.00. The Labute approximate surface area is 213 Å². The molecule has 2 unspecified atom stereocenters. The molecule has 0 bridgehead atoms. The molecule has 35 heavy (non-hydrogen) atoms. The largest absolute Gasteiger partial charge is 0.352 e. The predicted molar refractivity (Wildman–Crippen MR) is 137 cm³/mol. The van der Waals surface area contributed by atoms with Gasteiger partial charge in [-0.1, -0.05) is 48.0 Å². The number of halogens is 1. The standard InChI is InChI=1S/C25H34ClN3O5S/c1-18(2)34-25(26)16-20(13-14-21(25)19-10-6-5-7-11-19)27-24(31)22-12-8-9-15-29(22)23(30)17-28(3)35(4,32)33/h5-7,10-11,13-14,18,22H,8-9,12,15-17H2,1-4H3,(H,27,31). The molecular weight excluding hydrogens is 490 g/mol. The number of carbonyl (C=O) groups excluding carboxylic acids is 2. The molecule has 1 aromatic carbocycles. The smallest absolute Gasteiger partial charge is 0.246 e. The molecule has 192 valence electrons. The number of ether oxygens (including phenoxy) is 1. The molecule has 0 aromatic heterocycles. The monoisotopic (exact) mass is 523 g/mol. The number of rotatable bonds is 8. The van der Waals surface area contributed by atoms with Crippen LogP contribution in [0.25, 0.3) is 5.57 Å². The van der Waals surface area contributed by atoms with Gasteiger partial charge in [-0.25, -0.2) is 8.42 Å². The molecule has 0 spiro atoms. The molecule has 1 heterocycles. The van der Waals surface area contributed by atoms with E-state index in [-0.39, 0.29) is 25.0 Å². The van der Waals surface area contributed by atoms with Gasteiger partial charge < -0.3 is 15.0 Å². The van der Waals surface area contributed by atoms with E-state index in [0.717, 1.165) is 34.5 Å². The molecule has 1 saturated heterocycles. The zero-order chi connectivity index (χ0) is 25.8. The second-order valence-corrected chi connectivity index (χ2v) is 12.0. The van der Waals surface area contributed by atoms with Crippen LogP contribution < -0.4 is 5.32 Å². The molecule has 0 radical (unpaired) electrons. The Morgan fingerprint density at radius 3 is 2.54 bits per heavy atom. The highest BCUT2D eigenvalue weighted by molar-refractivity contribution is 7.88. The fraction of sp³-hybridized carbons (Fsp3) is 0.520. The first-order valence-electron chi connectivity index (χ1n) is 11.8. The van der Waals surface area contributed by atoms with Gasteiger partial charge in [0.2, 0.25) is 21.8 Å². The first kappa shape index (κ1) is 27.4. The first-order valence-corrected chi connectivity index (χ1v) is 14.0. The van der Waals surface area contributed by atoms with Crippen molar-refractivity contribution in [1.29, 1.82) is 0 Å². The van der Waals surface area contributed by atoms with Gasteiger partial charge in [-0.3, -0.25) is 9.59 Å². The van der Waals surface area contributed by atoms with E-state index in [9.17, 15) is 18.0 Å². The zero-order valence-corrected chi connectivity index (χ0v) is 22.2. The lowest BCUT2D eigenvalue weighted by Crippen LogP contribution is -2.54. The number of amides is 2. The van der Waals surface area contributed by atoms with Crippen molar-refractivity contribution in [1.82, 2.24) is 14.5 Å². The summed E-state index contributed by atoms with van der Waals surface area (Å²) in [5, 5.41) is 1.79. The van der Waals surface area contributed by atoms with Crippen molar-refractivity contribution in [2.75, 3.05) is 26.4 Å². The molecule has 2 amide bonds. The summed E-state index contributed by atoms with van der Waals surface area (Å²) in [7, 11) is -2.16. The molecule has 3 rings (SSSR count). The SMILES string of the molecule is CC(C)OC1(Cl)CC(NC(=O)C2CCCCN2C(=O)CN(C)S(C)(=O)=O)=CC=C1c1ccccc1. The summed E-state index contributed by atoms with van der Waals surface area (Å²) in [6, 6.07) is 9.03. The van der Waals surface area contributed by atoms with Crippen molar-refractivity contribution in [3.05, 3.63) is 53.7 Å². The Kier molecular flexibility index (Phi) is 8.80. The van der Waals surface area contributed by atoms with E-state index < -0.39 is 27.0 Å². The van der Waals surface area contributed by atoms with Crippen LogP contribution in [-0.2, 0) is 24.3 Å². The molecular formula is C25H34ClN3O5S. The maximum atomic E-state index is 13.3. The maximum absolute atomic E-state index is 13.3. The van der Waals surface area contributed by atoms with E-state index in [1.807, 2.05) is 56.3 Å². The van der Waals surface area contributed by atoms with Gasteiger partial charge >= 0.3 is 0 Å². The van der Waals surface area contributed by atoms with Crippen molar-refractivity contribution in [3.63, 3.8) is 0 Å². The van der Waals surface area contributed by atoms with Gasteiger partial charge in [0.15, 0.2) is 5.06 Å². The second-order valence-electron chi connectivity index (χ2n) is 9.32. The van der Waals surface area contributed by atoms with Crippen molar-refractivity contribution >= 4 is 39.0 Å². The Morgan fingerprint density at radius 1 is 1.23 bits per heavy atom. The van der Waals surface area contributed by atoms with Gasteiger partial charge in [0, 0.05) is 31.3 Å². The average molecular weight is 524 g/mol. The quantitative estimate of drug-likeness (QED) is 0.528. The summed E-state index contributed by atoms with van der Waals surface area (Å²) in [5.41, 5.74) is 2.34. The normalized spacial score (nSPS) is 23.2. The van der Waals surface area contributed by atoms with E-state index in [2.05, 4.69) is 5.32 Å². The summed E-state index contributed by atoms with van der Waals surface area (Å²) in [5.74, 6) is -0.706. The number of piperidine rings is 1. The van der Waals surface area contributed by atoms with Crippen LogP contribution in [0.3, 0.4) is 0 Å². The number of allylic oxidation sites excluding steroid dienone is 2. The van der Waals surface area contributed by atoms with Crippen LogP contribution in [0.15, 0.2) is 48.2 Å². The van der Waals surface area contributed by atoms with E-state index in [1.165, 1.54) is 11.9 Å². The van der Waals surface area contributed by atoms with Crippen LogP contribution in [0.4, 0.5) is 0 Å². The fourth-order valence-electron chi connectivity index (χ4n) is 4.34. The highest BCUT2D eigenvalue weighted by atomic mass is 35.5. The number of alkyl halides is 1. The molecule has 0 saturated carbocycles. The third-order valence-electron chi connectivity index (χ3n) is 6.11. The van der Waals surface area contributed by atoms with Gasteiger partial charge in [0.25, 0.3) is 0 Å². The van der Waals surface area contributed by atoms with Crippen LogP contribution in [0.2, 0.25) is 0 Å². The molecule has 1 aliphatic heterocycles. The maximum Gasteiger partial charge on any atom is 0.246 e. The predicted octanol–water partition coefficient (Wildman–Crippen LogP) is 3.11. The Morgan fingerprint density at radius 2 is 1.91 bits per heavy atom. The molecule has 2 aliphatic rings. The zero-order valence-electron chi connectivity index (χ0n) is 20.7. The van der Waals surface area contributed by atoms with Crippen molar-refractivity contribution in [2.24, 2.45) is 0 Å². The Bertz CT molecular complexity index is 1100. The van der Waals surface area contributed by atoms with Gasteiger partial charge in [-0.2, -0.15) is 4.31 Å². The summed E-state index contributed by atoms with van der Waals surface area (Å²) in [6.45, 7) is 3.91. The van der Waals surface area contributed by atoms with Gasteiger partial charge in [0.05, 0.1) is 18.9 Å². The number of likely N-dealkylation sites (N-methyl/N-ethyl adjacent to an activating group) is 1. The fourth-order valence-corrected chi connectivity index (χ4v) is 5.18. The van der Waals surface area contributed by atoms with Gasteiger partial charge in [0.1, 0.15) is 6.04 Å². The van der Waals surface area contributed by atoms with Gasteiger partial charge in [-0.05, 0) is 44.7 Å². The Balaban J connectivity index is 1.79. The number of benzene rings is 1. The summed E-state index contributed by atoms with van der Waals surface area (Å²) < 4.78 is 30.6. The van der Waals surface area contributed by atoms with Crippen molar-refractivity contribution in [2.45, 2.75) is 56.7 Å². The molecule has 1 aromatic rings. The van der Waals surface area contributed by atoms with E-state index in [0.29, 0.717) is 18.7 Å². The number of likely N-dealkylation sites (tertiary alicyclic amines) is 1. The first-order chi connectivity index (χ1) is 16.4. The molecule has 2 atom stereocenters.